The summed E-state index contributed by atoms with van der Waals surface area (Å²) in [5.41, 5.74) is 0.918. The van der Waals surface area contributed by atoms with Gasteiger partial charge in [0.1, 0.15) is 0 Å². The summed E-state index contributed by atoms with van der Waals surface area (Å²) in [6.07, 6.45) is 2.23. The second-order valence-electron chi connectivity index (χ2n) is 5.64. The molecule has 0 aliphatic carbocycles. The first-order valence-electron chi connectivity index (χ1n) is 6.43. The summed E-state index contributed by atoms with van der Waals surface area (Å²) in [6, 6.07) is 0. The molecule has 1 unspecified atom stereocenters. The van der Waals surface area contributed by atoms with Crippen molar-refractivity contribution in [1.82, 2.24) is 9.38 Å². The van der Waals surface area contributed by atoms with E-state index < -0.39 is 0 Å². The summed E-state index contributed by atoms with van der Waals surface area (Å²) >= 11 is 7.76. The quantitative estimate of drug-likeness (QED) is 0.798. The first kappa shape index (κ1) is 13.2. The maximum atomic E-state index is 6.12. The van der Waals surface area contributed by atoms with Crippen molar-refractivity contribution in [1.29, 1.82) is 0 Å². The third-order valence-corrected chi connectivity index (χ3v) is 4.35. The molecule has 1 atom stereocenters. The number of hydrogen-bond acceptors (Lipinski definition) is 4. The Hall–Kier alpha value is -0.780. The highest BCUT2D eigenvalue weighted by Crippen LogP contribution is 2.30. The number of morpholine rings is 1. The van der Waals surface area contributed by atoms with Gasteiger partial charge in [-0.25, -0.2) is 4.98 Å². The van der Waals surface area contributed by atoms with E-state index in [1.807, 2.05) is 11.6 Å². The van der Waals surface area contributed by atoms with Crippen LogP contribution in [0.5, 0.6) is 0 Å². The monoisotopic (exact) mass is 299 g/mol. The van der Waals surface area contributed by atoms with Gasteiger partial charge in [-0.05, 0) is 20.8 Å². The molecular weight excluding hydrogens is 282 g/mol. The number of imidazole rings is 1. The molecule has 1 saturated heterocycles. The molecule has 3 heterocycles. The zero-order valence-electron chi connectivity index (χ0n) is 11.4. The van der Waals surface area contributed by atoms with Crippen LogP contribution in [0.2, 0.25) is 0 Å². The van der Waals surface area contributed by atoms with Crippen LogP contribution in [0.25, 0.3) is 4.96 Å². The van der Waals surface area contributed by atoms with Crippen molar-refractivity contribution in [3.8, 4) is 0 Å². The number of hydrogen-bond donors (Lipinski definition) is 0. The standard InChI is InChI=1S/C13H18ClN3OS/c1-9-7-16(8-13(2,3)18-9)11-10(6-14)17-4-5-19-12(17)15-11/h4-5,9H,6-8H2,1-3H3. The summed E-state index contributed by atoms with van der Waals surface area (Å²) < 4.78 is 8.03. The van der Waals surface area contributed by atoms with E-state index in [2.05, 4.69) is 30.1 Å². The summed E-state index contributed by atoms with van der Waals surface area (Å²) in [5.74, 6) is 1.48. The summed E-state index contributed by atoms with van der Waals surface area (Å²) in [7, 11) is 0. The summed E-state index contributed by atoms with van der Waals surface area (Å²) in [5, 5.41) is 2.04. The fourth-order valence-electron chi connectivity index (χ4n) is 2.81. The zero-order chi connectivity index (χ0) is 13.6. The van der Waals surface area contributed by atoms with Gasteiger partial charge in [0.25, 0.3) is 0 Å². The van der Waals surface area contributed by atoms with Crippen molar-refractivity contribution in [2.45, 2.75) is 38.4 Å². The van der Waals surface area contributed by atoms with Crippen molar-refractivity contribution in [2.24, 2.45) is 0 Å². The first-order chi connectivity index (χ1) is 9.00. The van der Waals surface area contributed by atoms with Crippen LogP contribution in [0.4, 0.5) is 5.82 Å². The Bertz CT molecular complexity index is 592. The number of alkyl halides is 1. The molecule has 2 aromatic heterocycles. The maximum absolute atomic E-state index is 6.12. The Labute approximate surface area is 121 Å². The van der Waals surface area contributed by atoms with Crippen LogP contribution < -0.4 is 4.90 Å². The third-order valence-electron chi connectivity index (χ3n) is 3.34. The SMILES string of the molecule is CC1CN(c2nc3sccn3c2CCl)CC(C)(C)O1. The second kappa shape index (κ2) is 4.65. The molecule has 1 aliphatic rings. The number of thiazole rings is 1. The lowest BCUT2D eigenvalue weighted by molar-refractivity contribution is -0.0751. The van der Waals surface area contributed by atoms with E-state index in [4.69, 9.17) is 21.3 Å². The fraction of sp³-hybridized carbons (Fsp3) is 0.615. The normalized spacial score (nSPS) is 23.2. The van der Waals surface area contributed by atoms with Crippen LogP contribution in [0.1, 0.15) is 26.5 Å². The van der Waals surface area contributed by atoms with Gasteiger partial charge in [-0.2, -0.15) is 0 Å². The van der Waals surface area contributed by atoms with E-state index in [9.17, 15) is 0 Å². The molecule has 6 heteroatoms. The Kier molecular flexibility index (Phi) is 3.23. The van der Waals surface area contributed by atoms with E-state index in [1.165, 1.54) is 0 Å². The smallest absolute Gasteiger partial charge is 0.195 e. The van der Waals surface area contributed by atoms with Gasteiger partial charge in [0.2, 0.25) is 0 Å². The molecule has 19 heavy (non-hydrogen) atoms. The molecule has 3 rings (SSSR count). The average molecular weight is 300 g/mol. The molecule has 0 spiro atoms. The lowest BCUT2D eigenvalue weighted by Crippen LogP contribution is -2.52. The van der Waals surface area contributed by atoms with Crippen molar-refractivity contribution in [3.63, 3.8) is 0 Å². The molecule has 104 valence electrons. The van der Waals surface area contributed by atoms with Crippen LogP contribution in [0, 0.1) is 0 Å². The van der Waals surface area contributed by atoms with E-state index in [-0.39, 0.29) is 11.7 Å². The molecule has 0 aromatic carbocycles. The minimum Gasteiger partial charge on any atom is -0.369 e. The van der Waals surface area contributed by atoms with E-state index in [0.717, 1.165) is 29.6 Å². The largest absolute Gasteiger partial charge is 0.369 e. The van der Waals surface area contributed by atoms with Gasteiger partial charge in [0.15, 0.2) is 10.8 Å². The molecule has 1 fully saturated rings. The van der Waals surface area contributed by atoms with Crippen LogP contribution in [-0.2, 0) is 10.6 Å². The third kappa shape index (κ3) is 2.35. The van der Waals surface area contributed by atoms with Gasteiger partial charge in [0.05, 0.1) is 23.3 Å². The highest BCUT2D eigenvalue weighted by molar-refractivity contribution is 7.15. The highest BCUT2D eigenvalue weighted by Gasteiger charge is 2.33. The molecule has 0 bridgehead atoms. The van der Waals surface area contributed by atoms with Crippen LogP contribution >= 0.6 is 22.9 Å². The highest BCUT2D eigenvalue weighted by atomic mass is 35.5. The molecule has 1 aliphatic heterocycles. The predicted octanol–water partition coefficient (Wildman–Crippen LogP) is 3.14. The minimum absolute atomic E-state index is 0.154. The Morgan fingerprint density at radius 3 is 3.05 bits per heavy atom. The van der Waals surface area contributed by atoms with Crippen molar-refractivity contribution < 1.29 is 4.74 Å². The van der Waals surface area contributed by atoms with Gasteiger partial charge >= 0.3 is 0 Å². The number of ether oxygens (including phenoxy) is 1. The van der Waals surface area contributed by atoms with Crippen molar-refractivity contribution in [3.05, 3.63) is 17.3 Å². The lowest BCUT2D eigenvalue weighted by Gasteiger charge is -2.42. The van der Waals surface area contributed by atoms with Gasteiger partial charge in [-0.15, -0.1) is 22.9 Å². The average Bonchev–Trinajstić information content (AvgIpc) is 2.84. The Balaban J connectivity index is 2.01. The number of halogens is 1. The Morgan fingerprint density at radius 1 is 1.58 bits per heavy atom. The predicted molar refractivity (Wildman–Crippen MR) is 79.5 cm³/mol. The number of rotatable bonds is 2. The summed E-state index contributed by atoms with van der Waals surface area (Å²) in [6.45, 7) is 8.04. The van der Waals surface area contributed by atoms with Crippen molar-refractivity contribution in [2.75, 3.05) is 18.0 Å². The van der Waals surface area contributed by atoms with Gasteiger partial charge in [-0.3, -0.25) is 4.40 Å². The second-order valence-corrected chi connectivity index (χ2v) is 6.78. The van der Waals surface area contributed by atoms with E-state index in [0.29, 0.717) is 5.88 Å². The van der Waals surface area contributed by atoms with E-state index >= 15 is 0 Å². The molecule has 0 saturated carbocycles. The molecule has 0 radical (unpaired) electrons. The molecule has 0 amide bonds. The van der Waals surface area contributed by atoms with E-state index in [1.54, 1.807) is 11.3 Å². The Morgan fingerprint density at radius 2 is 2.37 bits per heavy atom. The molecule has 0 N–H and O–H groups in total. The number of fused-ring (bicyclic) bond motifs is 1. The van der Waals surface area contributed by atoms with Crippen LogP contribution in [0.3, 0.4) is 0 Å². The lowest BCUT2D eigenvalue weighted by atomic mass is 10.1. The minimum atomic E-state index is -0.154. The van der Waals surface area contributed by atoms with Gasteiger partial charge < -0.3 is 9.64 Å². The van der Waals surface area contributed by atoms with Crippen LogP contribution in [0.15, 0.2) is 11.6 Å². The molecule has 4 nitrogen and oxygen atoms in total. The molecular formula is C13H18ClN3OS. The number of nitrogens with zero attached hydrogens (tertiary/aromatic N) is 3. The fourth-order valence-corrected chi connectivity index (χ4v) is 3.79. The summed E-state index contributed by atoms with van der Waals surface area (Å²) in [4.78, 5) is 8.03. The van der Waals surface area contributed by atoms with Gasteiger partial charge in [-0.1, -0.05) is 0 Å². The zero-order valence-corrected chi connectivity index (χ0v) is 13.0. The van der Waals surface area contributed by atoms with Crippen LogP contribution in [-0.4, -0.2) is 34.2 Å². The number of aromatic nitrogens is 2. The number of anilines is 1. The maximum Gasteiger partial charge on any atom is 0.195 e. The first-order valence-corrected chi connectivity index (χ1v) is 7.85. The van der Waals surface area contributed by atoms with Crippen molar-refractivity contribution >= 4 is 33.7 Å². The topological polar surface area (TPSA) is 29.8 Å². The molecule has 2 aromatic rings. The van der Waals surface area contributed by atoms with Gasteiger partial charge in [0, 0.05) is 24.7 Å².